The van der Waals surface area contributed by atoms with Crippen LogP contribution in [0.15, 0.2) is 18.2 Å². The highest BCUT2D eigenvalue weighted by Gasteiger charge is 2.11. The molecule has 0 aromatic heterocycles. The van der Waals surface area contributed by atoms with Gasteiger partial charge in [0.25, 0.3) is 5.91 Å². The van der Waals surface area contributed by atoms with Gasteiger partial charge in [0.05, 0.1) is 6.54 Å². The van der Waals surface area contributed by atoms with Crippen LogP contribution < -0.4 is 11.1 Å². The lowest BCUT2D eigenvalue weighted by Gasteiger charge is -2.17. The second-order valence-corrected chi connectivity index (χ2v) is 5.50. The second-order valence-electron chi connectivity index (χ2n) is 5.50. The summed E-state index contributed by atoms with van der Waals surface area (Å²) in [6.07, 6.45) is 0.921. The lowest BCUT2D eigenvalue weighted by atomic mass is 10.0. The van der Waals surface area contributed by atoms with Crippen LogP contribution in [0.4, 0.5) is 0 Å². The van der Waals surface area contributed by atoms with Gasteiger partial charge in [-0.15, -0.1) is 0 Å². The van der Waals surface area contributed by atoms with Crippen molar-refractivity contribution >= 4 is 5.91 Å². The minimum Gasteiger partial charge on any atom is -0.350 e. The summed E-state index contributed by atoms with van der Waals surface area (Å²) in [6.45, 7) is 5.26. The van der Waals surface area contributed by atoms with Crippen LogP contribution in [0.3, 0.4) is 0 Å². The minimum absolute atomic E-state index is 0.0583. The van der Waals surface area contributed by atoms with Crippen LogP contribution in [0.2, 0.25) is 0 Å². The topological polar surface area (TPSA) is 58.4 Å². The van der Waals surface area contributed by atoms with Crippen LogP contribution in [0.1, 0.15) is 34.8 Å². The molecule has 114 valence electrons. The molecule has 21 heavy (non-hydrogen) atoms. The summed E-state index contributed by atoms with van der Waals surface area (Å²) in [6, 6.07) is 5.71. The van der Waals surface area contributed by atoms with Crippen LogP contribution in [-0.4, -0.2) is 44.0 Å². The number of nitrogens with zero attached hydrogens (tertiary/aromatic N) is 1. The number of nitrogens with two attached hydrogens (primary N) is 1. The monoisotopic (exact) mass is 287 g/mol. The lowest BCUT2D eigenvalue weighted by Crippen LogP contribution is -2.34. The van der Waals surface area contributed by atoms with Crippen molar-refractivity contribution in [3.05, 3.63) is 34.9 Å². The standard InChI is InChI=1S/C17H25N3O/c1-13-7-8-16(12-15(13)6-5-10-18)17(21)19-14(2)9-11-20(3)4/h7-8,12,14H,9-11,18H2,1-4H3,(H,19,21). The van der Waals surface area contributed by atoms with Gasteiger partial charge in [0, 0.05) is 17.2 Å². The van der Waals surface area contributed by atoms with Crippen LogP contribution in [-0.2, 0) is 0 Å². The highest BCUT2D eigenvalue weighted by atomic mass is 16.1. The van der Waals surface area contributed by atoms with Gasteiger partial charge < -0.3 is 16.0 Å². The molecule has 4 heteroatoms. The molecule has 0 saturated heterocycles. The Kier molecular flexibility index (Phi) is 6.93. The number of carbonyl (C=O) groups is 1. The van der Waals surface area contributed by atoms with Crippen molar-refractivity contribution in [1.82, 2.24) is 10.2 Å². The fraction of sp³-hybridized carbons (Fsp3) is 0.471. The average Bonchev–Trinajstić information content (AvgIpc) is 2.44. The third-order valence-corrected chi connectivity index (χ3v) is 3.21. The predicted molar refractivity (Wildman–Crippen MR) is 87.2 cm³/mol. The van der Waals surface area contributed by atoms with E-state index in [2.05, 4.69) is 22.1 Å². The Hall–Kier alpha value is -1.83. The molecule has 0 fully saturated rings. The first-order valence-corrected chi connectivity index (χ1v) is 7.19. The summed E-state index contributed by atoms with van der Waals surface area (Å²) in [5.74, 6) is 5.77. The Labute approximate surface area is 127 Å². The van der Waals surface area contributed by atoms with Gasteiger partial charge in [-0.05, 0) is 58.6 Å². The molecule has 1 unspecified atom stereocenters. The van der Waals surface area contributed by atoms with Gasteiger partial charge in [-0.3, -0.25) is 4.79 Å². The van der Waals surface area contributed by atoms with E-state index in [0.29, 0.717) is 12.1 Å². The van der Waals surface area contributed by atoms with Crippen molar-refractivity contribution in [2.75, 3.05) is 27.2 Å². The van der Waals surface area contributed by atoms with Crippen LogP contribution in [0.5, 0.6) is 0 Å². The van der Waals surface area contributed by atoms with Crippen molar-refractivity contribution in [3.8, 4) is 11.8 Å². The zero-order valence-electron chi connectivity index (χ0n) is 13.4. The van der Waals surface area contributed by atoms with E-state index in [1.54, 1.807) is 0 Å². The Balaban J connectivity index is 2.74. The molecule has 1 rings (SSSR count). The van der Waals surface area contributed by atoms with E-state index in [-0.39, 0.29) is 11.9 Å². The van der Waals surface area contributed by atoms with E-state index >= 15 is 0 Å². The maximum Gasteiger partial charge on any atom is 0.251 e. The number of rotatable bonds is 5. The van der Waals surface area contributed by atoms with E-state index < -0.39 is 0 Å². The normalized spacial score (nSPS) is 11.7. The minimum atomic E-state index is -0.0583. The zero-order chi connectivity index (χ0) is 15.8. The number of carbonyl (C=O) groups excluding carboxylic acids is 1. The number of hydrogen-bond acceptors (Lipinski definition) is 3. The fourth-order valence-corrected chi connectivity index (χ4v) is 1.88. The van der Waals surface area contributed by atoms with Gasteiger partial charge in [0.2, 0.25) is 0 Å². The molecule has 1 atom stereocenters. The van der Waals surface area contributed by atoms with Gasteiger partial charge in [-0.1, -0.05) is 17.9 Å². The number of benzene rings is 1. The highest BCUT2D eigenvalue weighted by Crippen LogP contribution is 2.10. The molecule has 0 bridgehead atoms. The molecule has 1 aromatic rings. The van der Waals surface area contributed by atoms with E-state index in [0.717, 1.165) is 24.1 Å². The highest BCUT2D eigenvalue weighted by molar-refractivity contribution is 5.94. The van der Waals surface area contributed by atoms with Crippen LogP contribution in [0, 0.1) is 18.8 Å². The van der Waals surface area contributed by atoms with E-state index in [1.165, 1.54) is 0 Å². The van der Waals surface area contributed by atoms with E-state index in [4.69, 9.17) is 5.73 Å². The van der Waals surface area contributed by atoms with Gasteiger partial charge in [0.15, 0.2) is 0 Å². The summed E-state index contributed by atoms with van der Waals surface area (Å²) in [5, 5.41) is 3.02. The first kappa shape index (κ1) is 17.2. The molecule has 3 N–H and O–H groups in total. The van der Waals surface area contributed by atoms with E-state index in [9.17, 15) is 4.79 Å². The van der Waals surface area contributed by atoms with Crippen molar-refractivity contribution in [1.29, 1.82) is 0 Å². The fourth-order valence-electron chi connectivity index (χ4n) is 1.88. The van der Waals surface area contributed by atoms with Crippen molar-refractivity contribution in [2.45, 2.75) is 26.3 Å². The van der Waals surface area contributed by atoms with Gasteiger partial charge in [0.1, 0.15) is 0 Å². The quantitative estimate of drug-likeness (QED) is 0.804. The largest absolute Gasteiger partial charge is 0.350 e. The van der Waals surface area contributed by atoms with Crippen LogP contribution in [0.25, 0.3) is 0 Å². The molecule has 0 aliphatic rings. The van der Waals surface area contributed by atoms with Gasteiger partial charge >= 0.3 is 0 Å². The molecule has 1 amide bonds. The summed E-state index contributed by atoms with van der Waals surface area (Å²) < 4.78 is 0. The third-order valence-electron chi connectivity index (χ3n) is 3.21. The molecule has 0 heterocycles. The van der Waals surface area contributed by atoms with Gasteiger partial charge in [-0.2, -0.15) is 0 Å². The maximum absolute atomic E-state index is 12.2. The molecule has 0 aliphatic carbocycles. The molecule has 0 saturated carbocycles. The van der Waals surface area contributed by atoms with E-state index in [1.807, 2.05) is 46.1 Å². The zero-order valence-corrected chi connectivity index (χ0v) is 13.4. The Bertz CT molecular complexity index is 541. The SMILES string of the molecule is Cc1ccc(C(=O)NC(C)CCN(C)C)cc1C#CCN. The average molecular weight is 287 g/mol. The van der Waals surface area contributed by atoms with Crippen molar-refractivity contribution in [3.63, 3.8) is 0 Å². The molecule has 4 nitrogen and oxygen atoms in total. The molecular weight excluding hydrogens is 262 g/mol. The summed E-state index contributed by atoms with van der Waals surface area (Å²) in [7, 11) is 4.05. The Morgan fingerprint density at radius 1 is 1.43 bits per heavy atom. The Morgan fingerprint density at radius 3 is 2.76 bits per heavy atom. The third kappa shape index (κ3) is 5.99. The summed E-state index contributed by atoms with van der Waals surface area (Å²) >= 11 is 0. The van der Waals surface area contributed by atoms with Crippen LogP contribution >= 0.6 is 0 Å². The number of nitrogens with one attached hydrogen (secondary N) is 1. The first-order chi connectivity index (χ1) is 9.93. The second kappa shape index (κ2) is 8.46. The molecule has 0 aliphatic heterocycles. The number of amides is 1. The smallest absolute Gasteiger partial charge is 0.251 e. The van der Waals surface area contributed by atoms with Crippen molar-refractivity contribution < 1.29 is 4.79 Å². The van der Waals surface area contributed by atoms with Crippen molar-refractivity contribution in [2.24, 2.45) is 5.73 Å². The number of hydrogen-bond donors (Lipinski definition) is 2. The first-order valence-electron chi connectivity index (χ1n) is 7.19. The predicted octanol–water partition coefficient (Wildman–Crippen LogP) is 1.38. The van der Waals surface area contributed by atoms with Gasteiger partial charge in [-0.25, -0.2) is 0 Å². The maximum atomic E-state index is 12.2. The lowest BCUT2D eigenvalue weighted by molar-refractivity contribution is 0.0936. The Morgan fingerprint density at radius 2 is 2.14 bits per heavy atom. The molecule has 0 spiro atoms. The summed E-state index contributed by atoms with van der Waals surface area (Å²) in [4.78, 5) is 14.3. The molecular formula is C17H25N3O. The summed E-state index contributed by atoms with van der Waals surface area (Å²) in [5.41, 5.74) is 7.93. The number of aryl methyl sites for hydroxylation is 1. The molecule has 0 radical (unpaired) electrons. The molecule has 1 aromatic carbocycles.